The number of hydrogen-bond acceptors (Lipinski definition) is 0. The minimum atomic E-state index is 0. The van der Waals surface area contributed by atoms with Crippen LogP contribution >= 0.6 is 11.6 Å². The van der Waals surface area contributed by atoms with Gasteiger partial charge in [0.1, 0.15) is 0 Å². The molecular weight excluding hydrogens is 273 g/mol. The summed E-state index contributed by atoms with van der Waals surface area (Å²) in [6.45, 7) is 0.887. The number of halogens is 2. The number of benzene rings is 1. The van der Waals surface area contributed by atoms with Crippen LogP contribution in [0.3, 0.4) is 0 Å². The smallest absolute Gasteiger partial charge is 0.173 e. The molecule has 0 radical (unpaired) electrons. The molecule has 3 heteroatoms. The van der Waals surface area contributed by atoms with Crippen molar-refractivity contribution in [1.82, 2.24) is 0 Å². The average Bonchev–Trinajstić information content (AvgIpc) is 2.23. The van der Waals surface area contributed by atoms with E-state index in [1.165, 1.54) is 5.56 Å². The highest BCUT2D eigenvalue weighted by Crippen LogP contribution is 2.08. The van der Waals surface area contributed by atoms with Gasteiger partial charge in [-0.1, -0.05) is 29.8 Å². The van der Waals surface area contributed by atoms with E-state index in [9.17, 15) is 0 Å². The van der Waals surface area contributed by atoms with Gasteiger partial charge in [-0.05, 0) is 12.1 Å². The predicted octanol–water partition coefficient (Wildman–Crippen LogP) is -0.320. The van der Waals surface area contributed by atoms with Crippen molar-refractivity contribution in [2.24, 2.45) is 0 Å². The molecule has 0 bridgehead atoms. The Kier molecular flexibility index (Phi) is 4.79. The Labute approximate surface area is 105 Å². The maximum atomic E-state index is 5.81. The lowest BCUT2D eigenvalue weighted by atomic mass is 10.2. The van der Waals surface area contributed by atoms with Crippen molar-refractivity contribution in [3.8, 4) is 0 Å². The Balaban J connectivity index is 0.00000112. The van der Waals surface area contributed by atoms with Crippen LogP contribution in [0.15, 0.2) is 54.9 Å². The number of rotatable bonds is 2. The Bertz CT molecular complexity index is 400. The third kappa shape index (κ3) is 3.65. The first-order chi connectivity index (χ1) is 6.84. The Morgan fingerprint density at radius 2 is 1.53 bits per heavy atom. The van der Waals surface area contributed by atoms with E-state index in [-0.39, 0.29) is 17.0 Å². The standard InChI is InChI=1S/C12H11ClN.BrH/c13-12-6-4-11(5-7-12)10-14-8-2-1-3-9-14;/h1-9H,10H2;1H/q+1;/p-1. The summed E-state index contributed by atoms with van der Waals surface area (Å²) in [5.41, 5.74) is 1.26. The van der Waals surface area contributed by atoms with Crippen molar-refractivity contribution in [1.29, 1.82) is 0 Å². The molecule has 0 spiro atoms. The Hall–Kier alpha value is -0.860. The normalized spacial score (nSPS) is 9.40. The van der Waals surface area contributed by atoms with E-state index in [2.05, 4.69) is 17.0 Å². The molecule has 0 aliphatic rings. The number of pyridine rings is 1. The van der Waals surface area contributed by atoms with E-state index < -0.39 is 0 Å². The lowest BCUT2D eigenvalue weighted by Gasteiger charge is -1.97. The fraction of sp³-hybridized carbons (Fsp3) is 0.0833. The van der Waals surface area contributed by atoms with Crippen molar-refractivity contribution in [2.75, 3.05) is 0 Å². The fourth-order valence-electron chi connectivity index (χ4n) is 1.34. The molecule has 0 amide bonds. The molecule has 0 aliphatic heterocycles. The maximum Gasteiger partial charge on any atom is 0.173 e. The summed E-state index contributed by atoms with van der Waals surface area (Å²) < 4.78 is 2.13. The van der Waals surface area contributed by atoms with Crippen molar-refractivity contribution >= 4 is 11.6 Å². The van der Waals surface area contributed by atoms with Gasteiger partial charge in [0, 0.05) is 22.7 Å². The van der Waals surface area contributed by atoms with Crippen LogP contribution in [0.1, 0.15) is 5.56 Å². The van der Waals surface area contributed by atoms with Crippen molar-refractivity contribution in [3.63, 3.8) is 0 Å². The molecule has 0 aliphatic carbocycles. The van der Waals surface area contributed by atoms with Crippen molar-refractivity contribution in [3.05, 3.63) is 65.4 Å². The molecule has 0 saturated heterocycles. The van der Waals surface area contributed by atoms with Gasteiger partial charge in [0.15, 0.2) is 18.9 Å². The number of hydrogen-bond donors (Lipinski definition) is 0. The second kappa shape index (κ2) is 5.89. The minimum absolute atomic E-state index is 0. The zero-order valence-electron chi connectivity index (χ0n) is 8.11. The van der Waals surface area contributed by atoms with Gasteiger partial charge in [-0.2, -0.15) is 0 Å². The van der Waals surface area contributed by atoms with Crippen molar-refractivity contribution in [2.45, 2.75) is 6.54 Å². The summed E-state index contributed by atoms with van der Waals surface area (Å²) in [5.74, 6) is 0. The first-order valence-electron chi connectivity index (χ1n) is 4.53. The molecule has 0 unspecified atom stereocenters. The van der Waals surface area contributed by atoms with Gasteiger partial charge >= 0.3 is 0 Å². The highest BCUT2D eigenvalue weighted by molar-refractivity contribution is 6.30. The topological polar surface area (TPSA) is 3.88 Å². The summed E-state index contributed by atoms with van der Waals surface area (Å²) in [5, 5.41) is 0.784. The SMILES string of the molecule is Clc1ccc(C[n+]2ccccc2)cc1.[Br-]. The van der Waals surface area contributed by atoms with Crippen LogP contribution in [0.2, 0.25) is 5.02 Å². The van der Waals surface area contributed by atoms with Gasteiger partial charge in [-0.3, -0.25) is 0 Å². The average molecular weight is 285 g/mol. The molecule has 0 atom stereocenters. The molecule has 1 aromatic carbocycles. The van der Waals surface area contributed by atoms with Crippen molar-refractivity contribution < 1.29 is 21.5 Å². The summed E-state index contributed by atoms with van der Waals surface area (Å²) in [4.78, 5) is 0. The summed E-state index contributed by atoms with van der Waals surface area (Å²) in [6, 6.07) is 14.0. The molecular formula is C12H11BrClN. The zero-order valence-corrected chi connectivity index (χ0v) is 10.4. The molecule has 0 saturated carbocycles. The molecule has 0 fully saturated rings. The number of aromatic nitrogens is 1. The van der Waals surface area contributed by atoms with Crippen LogP contribution in [-0.2, 0) is 6.54 Å². The van der Waals surface area contributed by atoms with Gasteiger partial charge < -0.3 is 17.0 Å². The second-order valence-corrected chi connectivity index (χ2v) is 3.61. The highest BCUT2D eigenvalue weighted by Gasteiger charge is 1.99. The predicted molar refractivity (Wildman–Crippen MR) is 57.2 cm³/mol. The van der Waals surface area contributed by atoms with E-state index in [1.54, 1.807) is 0 Å². The van der Waals surface area contributed by atoms with Crippen LogP contribution in [0.25, 0.3) is 0 Å². The van der Waals surface area contributed by atoms with Crippen LogP contribution < -0.4 is 21.5 Å². The zero-order chi connectivity index (χ0) is 9.80. The van der Waals surface area contributed by atoms with Crippen LogP contribution in [0.4, 0.5) is 0 Å². The first kappa shape index (κ1) is 12.2. The lowest BCUT2D eigenvalue weighted by Crippen LogP contribution is -3.00. The molecule has 2 aromatic rings. The largest absolute Gasteiger partial charge is 1.00 e. The number of nitrogens with zero attached hydrogens (tertiary/aromatic N) is 1. The van der Waals surface area contributed by atoms with E-state index in [1.807, 2.05) is 42.5 Å². The molecule has 78 valence electrons. The minimum Gasteiger partial charge on any atom is -1.00 e. The maximum absolute atomic E-state index is 5.81. The molecule has 1 heterocycles. The molecule has 15 heavy (non-hydrogen) atoms. The third-order valence-electron chi connectivity index (χ3n) is 2.06. The van der Waals surface area contributed by atoms with Gasteiger partial charge in [0.25, 0.3) is 0 Å². The van der Waals surface area contributed by atoms with Gasteiger partial charge in [0.2, 0.25) is 0 Å². The Morgan fingerprint density at radius 1 is 0.933 bits per heavy atom. The fourth-order valence-corrected chi connectivity index (χ4v) is 1.47. The van der Waals surface area contributed by atoms with E-state index in [0.717, 1.165) is 11.6 Å². The quantitative estimate of drug-likeness (QED) is 0.666. The second-order valence-electron chi connectivity index (χ2n) is 3.17. The third-order valence-corrected chi connectivity index (χ3v) is 2.31. The summed E-state index contributed by atoms with van der Waals surface area (Å²) >= 11 is 5.81. The van der Waals surface area contributed by atoms with E-state index in [4.69, 9.17) is 11.6 Å². The molecule has 1 aromatic heterocycles. The Morgan fingerprint density at radius 3 is 2.13 bits per heavy atom. The van der Waals surface area contributed by atoms with Gasteiger partial charge in [0.05, 0.1) is 0 Å². The van der Waals surface area contributed by atoms with Gasteiger partial charge in [-0.15, -0.1) is 0 Å². The van der Waals surface area contributed by atoms with E-state index in [0.29, 0.717) is 0 Å². The molecule has 2 rings (SSSR count). The molecule has 1 nitrogen and oxygen atoms in total. The summed E-state index contributed by atoms with van der Waals surface area (Å²) in [6.07, 6.45) is 4.10. The first-order valence-corrected chi connectivity index (χ1v) is 4.91. The van der Waals surface area contributed by atoms with Gasteiger partial charge in [-0.25, -0.2) is 4.57 Å². The molecule has 0 N–H and O–H groups in total. The highest BCUT2D eigenvalue weighted by atomic mass is 79.9. The van der Waals surface area contributed by atoms with Crippen LogP contribution in [0, 0.1) is 0 Å². The van der Waals surface area contributed by atoms with E-state index >= 15 is 0 Å². The van der Waals surface area contributed by atoms with Crippen LogP contribution in [-0.4, -0.2) is 0 Å². The monoisotopic (exact) mass is 283 g/mol. The van der Waals surface area contributed by atoms with Crippen LogP contribution in [0.5, 0.6) is 0 Å². The lowest BCUT2D eigenvalue weighted by molar-refractivity contribution is -0.688. The summed E-state index contributed by atoms with van der Waals surface area (Å²) in [7, 11) is 0.